The number of fused-ring (bicyclic) bond motifs is 1. The summed E-state index contributed by atoms with van der Waals surface area (Å²) in [5.41, 5.74) is 2.69. The van der Waals surface area contributed by atoms with Gasteiger partial charge in [-0.1, -0.05) is 49.0 Å². The van der Waals surface area contributed by atoms with Crippen LogP contribution in [-0.2, 0) is 17.7 Å². The van der Waals surface area contributed by atoms with Gasteiger partial charge in [-0.25, -0.2) is 9.78 Å². The van der Waals surface area contributed by atoms with E-state index in [1.165, 1.54) is 11.8 Å². The number of carbonyl (C=O) groups is 2. The van der Waals surface area contributed by atoms with Crippen molar-refractivity contribution in [2.24, 2.45) is 0 Å². The number of carbonyl (C=O) groups excluding carboxylic acids is 2. The second-order valence-corrected chi connectivity index (χ2v) is 7.59. The molecule has 0 N–H and O–H groups in total. The van der Waals surface area contributed by atoms with Gasteiger partial charge in [0.15, 0.2) is 5.78 Å². The fourth-order valence-corrected chi connectivity index (χ4v) is 4.24. The third kappa shape index (κ3) is 4.66. The van der Waals surface area contributed by atoms with E-state index in [1.54, 1.807) is 19.1 Å². The number of Topliss-reactive ketones (excluding diaryl/α,β-unsaturated/α-hetero) is 1. The average molecular weight is 410 g/mol. The maximum Gasteiger partial charge on any atom is 0.339 e. The van der Waals surface area contributed by atoms with E-state index in [9.17, 15) is 14.9 Å². The Morgan fingerprint density at radius 1 is 1.28 bits per heavy atom. The Kier molecular flexibility index (Phi) is 7.02. The molecule has 150 valence electrons. The molecule has 0 aliphatic carbocycles. The minimum absolute atomic E-state index is 0.0474. The Morgan fingerprint density at radius 3 is 2.69 bits per heavy atom. The summed E-state index contributed by atoms with van der Waals surface area (Å²) in [5.74, 6) is -0.404. The SMILES string of the molecule is CCOC(=O)c1c(C#N)c(SCC(=O)c2ccccc2)nc2c1CN(CC)CC2. The molecule has 0 saturated heterocycles. The van der Waals surface area contributed by atoms with Gasteiger partial charge < -0.3 is 4.74 Å². The molecule has 0 bridgehead atoms. The van der Waals surface area contributed by atoms with E-state index in [2.05, 4.69) is 22.9 Å². The van der Waals surface area contributed by atoms with E-state index in [1.807, 2.05) is 18.2 Å². The molecule has 7 heteroatoms. The maximum atomic E-state index is 12.7. The summed E-state index contributed by atoms with van der Waals surface area (Å²) in [6.45, 7) is 6.30. The Morgan fingerprint density at radius 2 is 2.03 bits per heavy atom. The van der Waals surface area contributed by atoms with Crippen molar-refractivity contribution < 1.29 is 14.3 Å². The van der Waals surface area contributed by atoms with Crippen LogP contribution in [0, 0.1) is 11.3 Å². The van der Waals surface area contributed by atoms with Gasteiger partial charge in [0.05, 0.1) is 23.5 Å². The lowest BCUT2D eigenvalue weighted by Crippen LogP contribution is -2.33. The lowest BCUT2D eigenvalue weighted by molar-refractivity contribution is 0.0521. The van der Waals surface area contributed by atoms with E-state index in [-0.39, 0.29) is 23.7 Å². The highest BCUT2D eigenvalue weighted by Crippen LogP contribution is 2.31. The first kappa shape index (κ1) is 21.0. The molecule has 0 amide bonds. The Bertz CT molecular complexity index is 954. The molecule has 0 saturated carbocycles. The van der Waals surface area contributed by atoms with Crippen LogP contribution in [0.1, 0.15) is 51.4 Å². The van der Waals surface area contributed by atoms with E-state index in [0.717, 1.165) is 24.3 Å². The number of thioether (sulfide) groups is 1. The third-order valence-electron chi connectivity index (χ3n) is 4.87. The van der Waals surface area contributed by atoms with Crippen LogP contribution in [0.2, 0.25) is 0 Å². The minimum Gasteiger partial charge on any atom is -0.462 e. The number of benzene rings is 1. The number of pyridine rings is 1. The van der Waals surface area contributed by atoms with Crippen molar-refractivity contribution >= 4 is 23.5 Å². The highest BCUT2D eigenvalue weighted by atomic mass is 32.2. The quantitative estimate of drug-likeness (QED) is 0.393. The van der Waals surface area contributed by atoms with Crippen LogP contribution in [0.4, 0.5) is 0 Å². The molecule has 1 aliphatic rings. The fraction of sp³-hybridized carbons (Fsp3) is 0.364. The first-order valence-electron chi connectivity index (χ1n) is 9.65. The van der Waals surface area contributed by atoms with Crippen molar-refractivity contribution in [2.45, 2.75) is 31.8 Å². The van der Waals surface area contributed by atoms with Crippen molar-refractivity contribution in [3.05, 3.63) is 58.3 Å². The summed E-state index contributed by atoms with van der Waals surface area (Å²) in [6.07, 6.45) is 0.696. The molecule has 6 nitrogen and oxygen atoms in total. The summed E-state index contributed by atoms with van der Waals surface area (Å²) in [4.78, 5) is 32.1. The van der Waals surface area contributed by atoms with E-state index >= 15 is 0 Å². The number of esters is 1. The lowest BCUT2D eigenvalue weighted by atomic mass is 9.96. The van der Waals surface area contributed by atoms with Gasteiger partial charge in [0.1, 0.15) is 11.1 Å². The molecular weight excluding hydrogens is 386 g/mol. The number of hydrogen-bond donors (Lipinski definition) is 0. The predicted molar refractivity (Wildman–Crippen MR) is 111 cm³/mol. The molecule has 1 aliphatic heterocycles. The number of likely N-dealkylation sites (N-methyl/N-ethyl adjacent to an activating group) is 1. The zero-order valence-electron chi connectivity index (χ0n) is 16.6. The van der Waals surface area contributed by atoms with Crippen molar-refractivity contribution in [1.29, 1.82) is 5.26 Å². The standard InChI is InChI=1S/C22H23N3O3S/c1-3-25-11-10-18-17(13-25)20(22(27)28-4-2)16(12-23)21(24-18)29-14-19(26)15-8-6-5-7-9-15/h5-9H,3-4,10-11,13-14H2,1-2H3. The first-order chi connectivity index (χ1) is 14.1. The molecule has 2 aromatic rings. The first-order valence-corrected chi connectivity index (χ1v) is 10.6. The Hall–Kier alpha value is -2.69. The number of ether oxygens (including phenoxy) is 1. The summed E-state index contributed by atoms with van der Waals surface area (Å²) in [5, 5.41) is 10.2. The van der Waals surface area contributed by atoms with Crippen LogP contribution >= 0.6 is 11.8 Å². The smallest absolute Gasteiger partial charge is 0.339 e. The Labute approximate surface area is 174 Å². The molecule has 0 radical (unpaired) electrons. The zero-order valence-corrected chi connectivity index (χ0v) is 17.4. The molecule has 0 atom stereocenters. The van der Waals surface area contributed by atoms with Crippen molar-refractivity contribution in [3.8, 4) is 6.07 Å². The summed E-state index contributed by atoms with van der Waals surface area (Å²) < 4.78 is 5.24. The molecule has 29 heavy (non-hydrogen) atoms. The minimum atomic E-state index is -0.503. The van der Waals surface area contributed by atoms with Gasteiger partial charge in [0.25, 0.3) is 0 Å². The number of aromatic nitrogens is 1. The second-order valence-electron chi connectivity index (χ2n) is 6.62. The van der Waals surface area contributed by atoms with Gasteiger partial charge in [-0.15, -0.1) is 0 Å². The van der Waals surface area contributed by atoms with Crippen LogP contribution < -0.4 is 0 Å². The molecule has 0 spiro atoms. The molecule has 0 unspecified atom stereocenters. The van der Waals surface area contributed by atoms with Crippen LogP contribution in [0.25, 0.3) is 0 Å². The topological polar surface area (TPSA) is 83.3 Å². The van der Waals surface area contributed by atoms with Gasteiger partial charge in [-0.2, -0.15) is 5.26 Å². The van der Waals surface area contributed by atoms with Crippen LogP contribution in [-0.4, -0.2) is 47.1 Å². The number of nitrogens with zero attached hydrogens (tertiary/aromatic N) is 3. The molecule has 0 fully saturated rings. The van der Waals surface area contributed by atoms with Crippen LogP contribution in [0.5, 0.6) is 0 Å². The van der Waals surface area contributed by atoms with Crippen LogP contribution in [0.15, 0.2) is 35.4 Å². The number of hydrogen-bond acceptors (Lipinski definition) is 7. The fourth-order valence-electron chi connectivity index (χ4n) is 3.34. The van der Waals surface area contributed by atoms with Crippen molar-refractivity contribution in [3.63, 3.8) is 0 Å². The largest absolute Gasteiger partial charge is 0.462 e. The normalized spacial score (nSPS) is 13.4. The molecule has 1 aromatic carbocycles. The summed E-state index contributed by atoms with van der Waals surface area (Å²) >= 11 is 1.20. The van der Waals surface area contributed by atoms with E-state index in [4.69, 9.17) is 4.74 Å². The monoisotopic (exact) mass is 409 g/mol. The summed E-state index contributed by atoms with van der Waals surface area (Å²) in [7, 11) is 0. The summed E-state index contributed by atoms with van der Waals surface area (Å²) in [6, 6.07) is 11.1. The number of rotatable bonds is 7. The van der Waals surface area contributed by atoms with Gasteiger partial charge in [0.2, 0.25) is 0 Å². The van der Waals surface area contributed by atoms with Gasteiger partial charge in [-0.3, -0.25) is 9.69 Å². The predicted octanol–water partition coefficient (Wildman–Crippen LogP) is 3.48. The highest BCUT2D eigenvalue weighted by molar-refractivity contribution is 8.00. The average Bonchev–Trinajstić information content (AvgIpc) is 2.76. The molecule has 3 rings (SSSR count). The van der Waals surface area contributed by atoms with Crippen molar-refractivity contribution in [2.75, 3.05) is 25.4 Å². The van der Waals surface area contributed by atoms with Crippen molar-refractivity contribution in [1.82, 2.24) is 9.88 Å². The van der Waals surface area contributed by atoms with E-state index < -0.39 is 5.97 Å². The molecule has 1 aromatic heterocycles. The van der Waals surface area contributed by atoms with Gasteiger partial charge in [0, 0.05) is 36.3 Å². The number of ketones is 1. The third-order valence-corrected chi connectivity index (χ3v) is 5.85. The maximum absolute atomic E-state index is 12.7. The number of nitriles is 1. The van der Waals surface area contributed by atoms with Crippen LogP contribution in [0.3, 0.4) is 0 Å². The lowest BCUT2D eigenvalue weighted by Gasteiger charge is -2.29. The molecular formula is C22H23N3O3S. The second kappa shape index (κ2) is 9.68. The van der Waals surface area contributed by atoms with E-state index in [0.29, 0.717) is 29.1 Å². The molecule has 2 heterocycles. The zero-order chi connectivity index (χ0) is 20.8. The highest BCUT2D eigenvalue weighted by Gasteiger charge is 2.29. The van der Waals surface area contributed by atoms with Gasteiger partial charge >= 0.3 is 5.97 Å². The van der Waals surface area contributed by atoms with Gasteiger partial charge in [-0.05, 0) is 13.5 Å². The Balaban J connectivity index is 1.97.